The van der Waals surface area contributed by atoms with Crippen molar-refractivity contribution in [3.8, 4) is 5.00 Å². The van der Waals surface area contributed by atoms with E-state index in [1.165, 1.54) is 0 Å². The largest absolute Gasteiger partial charge is 0.378 e. The molecule has 0 saturated carbocycles. The molecule has 0 atom stereocenters. The minimum atomic E-state index is 0.173. The second kappa shape index (κ2) is 8.29. The zero-order valence-electron chi connectivity index (χ0n) is 16.3. The van der Waals surface area contributed by atoms with Crippen molar-refractivity contribution in [3.63, 3.8) is 0 Å². The molecule has 0 unspecified atom stereocenters. The van der Waals surface area contributed by atoms with Gasteiger partial charge in [-0.25, -0.2) is 0 Å². The van der Waals surface area contributed by atoms with Gasteiger partial charge in [-0.3, -0.25) is 14.4 Å². The Labute approximate surface area is 183 Å². The minimum absolute atomic E-state index is 0.173. The predicted octanol–water partition coefficient (Wildman–Crippen LogP) is 3.12. The molecule has 154 valence electrons. The maximum absolute atomic E-state index is 12.6. The minimum Gasteiger partial charge on any atom is -0.378 e. The van der Waals surface area contributed by atoms with E-state index in [1.807, 2.05) is 33.7 Å². The number of ether oxygens (including phenoxy) is 1. The molecule has 2 aliphatic rings. The average Bonchev–Trinajstić information content (AvgIpc) is 3.38. The van der Waals surface area contributed by atoms with E-state index < -0.39 is 0 Å². The van der Waals surface area contributed by atoms with Crippen LogP contribution >= 0.6 is 22.9 Å². The standard InChI is InChI=1S/C21H20ClN5O2S/c22-17-4-2-1-3-15(17)20-16-11-14(5-6-19(28)26-7-9-29-10-8-26)30-21(16)27-13-24-25-18(27)12-23-20/h1-4,11,13H,5-10,12H2. The first kappa shape index (κ1) is 19.4. The SMILES string of the molecule is O=C(CCc1cc2c(s1)-n1cnnc1CN=C2c1ccccc1Cl)N1CCOCC1. The Hall–Kier alpha value is -2.55. The van der Waals surface area contributed by atoms with Crippen LogP contribution < -0.4 is 0 Å². The summed E-state index contributed by atoms with van der Waals surface area (Å²) >= 11 is 8.14. The number of carbonyl (C=O) groups excluding carboxylic acids is 1. The molecule has 5 rings (SSSR count). The first-order valence-electron chi connectivity index (χ1n) is 9.88. The lowest BCUT2D eigenvalue weighted by molar-refractivity contribution is -0.135. The van der Waals surface area contributed by atoms with Gasteiger partial charge < -0.3 is 9.64 Å². The molecular weight excluding hydrogens is 422 g/mol. The lowest BCUT2D eigenvalue weighted by Gasteiger charge is -2.26. The van der Waals surface area contributed by atoms with Crippen molar-refractivity contribution in [3.05, 3.63) is 63.5 Å². The molecule has 9 heteroatoms. The monoisotopic (exact) mass is 441 g/mol. The third kappa shape index (κ3) is 3.66. The van der Waals surface area contributed by atoms with E-state index in [9.17, 15) is 4.79 Å². The number of aliphatic imine (C=N–C) groups is 1. The second-order valence-corrected chi connectivity index (χ2v) is 8.71. The van der Waals surface area contributed by atoms with E-state index >= 15 is 0 Å². The summed E-state index contributed by atoms with van der Waals surface area (Å²) in [7, 11) is 0. The summed E-state index contributed by atoms with van der Waals surface area (Å²) in [6.45, 7) is 3.02. The van der Waals surface area contributed by atoms with E-state index in [2.05, 4.69) is 16.3 Å². The number of aromatic nitrogens is 3. The molecule has 3 aromatic rings. The highest BCUT2D eigenvalue weighted by molar-refractivity contribution is 7.15. The molecule has 0 spiro atoms. The van der Waals surface area contributed by atoms with Gasteiger partial charge in [-0.2, -0.15) is 0 Å². The van der Waals surface area contributed by atoms with Crippen LogP contribution in [-0.2, 0) is 22.5 Å². The molecule has 1 amide bonds. The fraction of sp³-hybridized carbons (Fsp3) is 0.333. The van der Waals surface area contributed by atoms with Crippen molar-refractivity contribution in [2.45, 2.75) is 19.4 Å². The highest BCUT2D eigenvalue weighted by Crippen LogP contribution is 2.34. The average molecular weight is 442 g/mol. The van der Waals surface area contributed by atoms with Crippen molar-refractivity contribution >= 4 is 34.6 Å². The van der Waals surface area contributed by atoms with Crippen molar-refractivity contribution < 1.29 is 9.53 Å². The molecule has 1 fully saturated rings. The molecule has 1 aromatic carbocycles. The number of carbonyl (C=O) groups is 1. The first-order valence-corrected chi connectivity index (χ1v) is 11.1. The Morgan fingerprint density at radius 2 is 2.03 bits per heavy atom. The van der Waals surface area contributed by atoms with Crippen LogP contribution in [0.25, 0.3) is 5.00 Å². The van der Waals surface area contributed by atoms with Crippen LogP contribution in [0.3, 0.4) is 0 Å². The Bertz CT molecular complexity index is 1120. The van der Waals surface area contributed by atoms with Gasteiger partial charge in [-0.05, 0) is 18.6 Å². The van der Waals surface area contributed by atoms with Gasteiger partial charge >= 0.3 is 0 Å². The molecule has 4 heterocycles. The molecule has 0 bridgehead atoms. The Morgan fingerprint density at radius 3 is 2.87 bits per heavy atom. The molecule has 7 nitrogen and oxygen atoms in total. The van der Waals surface area contributed by atoms with Crippen LogP contribution in [0.15, 0.2) is 41.7 Å². The third-order valence-corrected chi connectivity index (χ3v) is 6.84. The van der Waals surface area contributed by atoms with Gasteiger partial charge in [0.05, 0.1) is 18.9 Å². The normalized spacial score (nSPS) is 15.9. The molecule has 0 radical (unpaired) electrons. The number of amides is 1. The number of rotatable bonds is 4. The third-order valence-electron chi connectivity index (χ3n) is 5.31. The second-order valence-electron chi connectivity index (χ2n) is 7.19. The van der Waals surface area contributed by atoms with Gasteiger partial charge in [-0.1, -0.05) is 29.8 Å². The lowest BCUT2D eigenvalue weighted by Crippen LogP contribution is -2.40. The van der Waals surface area contributed by atoms with Gasteiger partial charge in [0.15, 0.2) is 5.82 Å². The maximum atomic E-state index is 12.6. The van der Waals surface area contributed by atoms with Crippen molar-refractivity contribution in [1.29, 1.82) is 0 Å². The van der Waals surface area contributed by atoms with E-state index in [1.54, 1.807) is 17.7 Å². The van der Waals surface area contributed by atoms with E-state index in [4.69, 9.17) is 21.3 Å². The highest BCUT2D eigenvalue weighted by Gasteiger charge is 2.24. The quantitative estimate of drug-likeness (QED) is 0.623. The fourth-order valence-electron chi connectivity index (χ4n) is 3.76. The summed E-state index contributed by atoms with van der Waals surface area (Å²) in [5, 5.41) is 9.95. The molecule has 30 heavy (non-hydrogen) atoms. The number of nitrogens with zero attached hydrogens (tertiary/aromatic N) is 5. The van der Waals surface area contributed by atoms with Crippen LogP contribution in [0.1, 0.15) is 28.2 Å². The van der Waals surface area contributed by atoms with Gasteiger partial charge in [0, 0.05) is 40.5 Å². The van der Waals surface area contributed by atoms with Crippen LogP contribution in [-0.4, -0.2) is 57.6 Å². The van der Waals surface area contributed by atoms with Crippen LogP contribution in [0.2, 0.25) is 5.02 Å². The molecule has 0 N–H and O–H groups in total. The summed E-state index contributed by atoms with van der Waals surface area (Å²) in [6.07, 6.45) is 2.88. The highest BCUT2D eigenvalue weighted by atomic mass is 35.5. The number of hydrogen-bond acceptors (Lipinski definition) is 6. The van der Waals surface area contributed by atoms with Gasteiger partial charge in [0.2, 0.25) is 5.91 Å². The number of morpholine rings is 1. The van der Waals surface area contributed by atoms with E-state index in [-0.39, 0.29) is 5.91 Å². The molecule has 0 aliphatic carbocycles. The van der Waals surface area contributed by atoms with Crippen molar-refractivity contribution in [2.75, 3.05) is 26.3 Å². The lowest BCUT2D eigenvalue weighted by atomic mass is 10.0. The number of hydrogen-bond donors (Lipinski definition) is 0. The van der Waals surface area contributed by atoms with Gasteiger partial charge in [-0.15, -0.1) is 21.5 Å². The summed E-state index contributed by atoms with van der Waals surface area (Å²) in [5.74, 6) is 0.961. The number of aryl methyl sites for hydroxylation is 1. The van der Waals surface area contributed by atoms with Crippen molar-refractivity contribution in [1.82, 2.24) is 19.7 Å². The Kier molecular flexibility index (Phi) is 5.37. The summed E-state index contributed by atoms with van der Waals surface area (Å²) in [4.78, 5) is 20.4. The smallest absolute Gasteiger partial charge is 0.223 e. The predicted molar refractivity (Wildman–Crippen MR) is 116 cm³/mol. The number of fused-ring (bicyclic) bond motifs is 3. The maximum Gasteiger partial charge on any atom is 0.223 e. The molecule has 2 aromatic heterocycles. The number of thiophene rings is 1. The zero-order chi connectivity index (χ0) is 20.5. The van der Waals surface area contributed by atoms with Gasteiger partial charge in [0.1, 0.15) is 17.9 Å². The summed E-state index contributed by atoms with van der Waals surface area (Å²) < 4.78 is 7.33. The number of halogens is 1. The summed E-state index contributed by atoms with van der Waals surface area (Å²) in [5.41, 5.74) is 2.75. The number of benzene rings is 1. The van der Waals surface area contributed by atoms with E-state index in [0.717, 1.165) is 32.5 Å². The summed E-state index contributed by atoms with van der Waals surface area (Å²) in [6, 6.07) is 9.86. The van der Waals surface area contributed by atoms with Crippen LogP contribution in [0.4, 0.5) is 0 Å². The van der Waals surface area contributed by atoms with Crippen molar-refractivity contribution in [2.24, 2.45) is 4.99 Å². The topological polar surface area (TPSA) is 72.6 Å². The zero-order valence-corrected chi connectivity index (χ0v) is 17.8. The first-order chi connectivity index (χ1) is 14.7. The molecular formula is C21H20ClN5O2S. The van der Waals surface area contributed by atoms with Crippen LogP contribution in [0, 0.1) is 0 Å². The fourth-order valence-corrected chi connectivity index (χ4v) is 5.13. The van der Waals surface area contributed by atoms with Crippen LogP contribution in [0.5, 0.6) is 0 Å². The molecule has 2 aliphatic heterocycles. The Morgan fingerprint density at radius 1 is 1.20 bits per heavy atom. The van der Waals surface area contributed by atoms with Gasteiger partial charge in [0.25, 0.3) is 0 Å². The van der Waals surface area contributed by atoms with E-state index in [0.29, 0.717) is 50.7 Å². The Balaban J connectivity index is 1.46. The molecule has 1 saturated heterocycles.